The molecular weight excluding hydrogens is 330 g/mol. The SMILES string of the molecule is C[C@@H](Oc1ccccc1)C(=O)OCC(=O)Nc1ccc2ccccc2c1. The number of carbonyl (C=O) groups excluding carboxylic acids is 2. The van der Waals surface area contributed by atoms with E-state index < -0.39 is 18.0 Å². The average molecular weight is 349 g/mol. The highest BCUT2D eigenvalue weighted by atomic mass is 16.6. The van der Waals surface area contributed by atoms with Crippen molar-refractivity contribution in [2.75, 3.05) is 11.9 Å². The van der Waals surface area contributed by atoms with Crippen LogP contribution in [-0.4, -0.2) is 24.6 Å². The van der Waals surface area contributed by atoms with Gasteiger partial charge in [-0.25, -0.2) is 4.79 Å². The summed E-state index contributed by atoms with van der Waals surface area (Å²) >= 11 is 0. The van der Waals surface area contributed by atoms with Gasteiger partial charge < -0.3 is 14.8 Å². The summed E-state index contributed by atoms with van der Waals surface area (Å²) in [6.45, 7) is 1.21. The van der Waals surface area contributed by atoms with Crippen molar-refractivity contribution in [2.24, 2.45) is 0 Å². The van der Waals surface area contributed by atoms with Gasteiger partial charge in [-0.05, 0) is 42.0 Å². The van der Waals surface area contributed by atoms with E-state index in [0.717, 1.165) is 10.8 Å². The molecular formula is C21H19NO4. The molecule has 0 aliphatic heterocycles. The van der Waals surface area contributed by atoms with Crippen LogP contribution in [0.5, 0.6) is 5.75 Å². The molecule has 3 aromatic carbocycles. The van der Waals surface area contributed by atoms with Gasteiger partial charge in [0.2, 0.25) is 0 Å². The van der Waals surface area contributed by atoms with Gasteiger partial charge in [-0.3, -0.25) is 4.79 Å². The first-order valence-electron chi connectivity index (χ1n) is 8.29. The minimum atomic E-state index is -0.800. The third-order valence-corrected chi connectivity index (χ3v) is 3.77. The molecule has 132 valence electrons. The van der Waals surface area contributed by atoms with Crippen molar-refractivity contribution in [1.29, 1.82) is 0 Å². The molecule has 3 aromatic rings. The fraction of sp³-hybridized carbons (Fsp3) is 0.143. The number of hydrogen-bond donors (Lipinski definition) is 1. The highest BCUT2D eigenvalue weighted by molar-refractivity contribution is 5.95. The second-order valence-electron chi connectivity index (χ2n) is 5.79. The largest absolute Gasteiger partial charge is 0.479 e. The van der Waals surface area contributed by atoms with Gasteiger partial charge in [0.05, 0.1) is 0 Å². The molecule has 1 N–H and O–H groups in total. The number of benzene rings is 3. The normalized spacial score (nSPS) is 11.6. The average Bonchev–Trinajstić information content (AvgIpc) is 2.66. The van der Waals surface area contributed by atoms with Crippen molar-refractivity contribution in [2.45, 2.75) is 13.0 Å². The van der Waals surface area contributed by atoms with Gasteiger partial charge in [-0.1, -0.05) is 48.5 Å². The Morgan fingerprint density at radius 3 is 2.38 bits per heavy atom. The van der Waals surface area contributed by atoms with E-state index in [-0.39, 0.29) is 6.61 Å². The van der Waals surface area contributed by atoms with Gasteiger partial charge in [0.25, 0.3) is 5.91 Å². The lowest BCUT2D eigenvalue weighted by atomic mass is 10.1. The van der Waals surface area contributed by atoms with Crippen LogP contribution in [0.2, 0.25) is 0 Å². The fourth-order valence-electron chi connectivity index (χ4n) is 2.47. The number of para-hydroxylation sites is 1. The molecule has 1 amide bonds. The Kier molecular flexibility index (Phi) is 5.49. The number of nitrogens with one attached hydrogen (secondary N) is 1. The molecule has 0 aliphatic carbocycles. The molecule has 3 rings (SSSR count). The van der Waals surface area contributed by atoms with Crippen LogP contribution in [-0.2, 0) is 14.3 Å². The topological polar surface area (TPSA) is 64.6 Å². The zero-order chi connectivity index (χ0) is 18.4. The van der Waals surface area contributed by atoms with Crippen LogP contribution in [0.15, 0.2) is 72.8 Å². The zero-order valence-corrected chi connectivity index (χ0v) is 14.3. The lowest BCUT2D eigenvalue weighted by molar-refractivity contribution is -0.153. The summed E-state index contributed by atoms with van der Waals surface area (Å²) in [4.78, 5) is 24.0. The molecule has 5 heteroatoms. The molecule has 0 aliphatic rings. The number of ether oxygens (including phenoxy) is 2. The van der Waals surface area contributed by atoms with E-state index >= 15 is 0 Å². The first-order valence-corrected chi connectivity index (χ1v) is 8.29. The number of rotatable bonds is 6. The van der Waals surface area contributed by atoms with E-state index in [2.05, 4.69) is 5.32 Å². The Bertz CT molecular complexity index is 908. The van der Waals surface area contributed by atoms with E-state index in [1.165, 1.54) is 0 Å². The third kappa shape index (κ3) is 4.60. The van der Waals surface area contributed by atoms with Crippen molar-refractivity contribution in [1.82, 2.24) is 0 Å². The van der Waals surface area contributed by atoms with Crippen molar-refractivity contribution in [3.63, 3.8) is 0 Å². The van der Waals surface area contributed by atoms with Crippen LogP contribution in [0.1, 0.15) is 6.92 Å². The first-order chi connectivity index (χ1) is 12.6. The summed E-state index contributed by atoms with van der Waals surface area (Å²) in [6.07, 6.45) is -0.800. The van der Waals surface area contributed by atoms with Crippen molar-refractivity contribution < 1.29 is 19.1 Å². The summed E-state index contributed by atoms with van der Waals surface area (Å²) < 4.78 is 10.5. The van der Waals surface area contributed by atoms with Crippen LogP contribution < -0.4 is 10.1 Å². The minimum absolute atomic E-state index is 0.367. The molecule has 1 atom stereocenters. The molecule has 0 saturated carbocycles. The molecule has 26 heavy (non-hydrogen) atoms. The second-order valence-corrected chi connectivity index (χ2v) is 5.79. The van der Waals surface area contributed by atoms with E-state index in [0.29, 0.717) is 11.4 Å². The van der Waals surface area contributed by atoms with Gasteiger partial charge in [-0.2, -0.15) is 0 Å². The molecule has 0 unspecified atom stereocenters. The van der Waals surface area contributed by atoms with Crippen LogP contribution >= 0.6 is 0 Å². The fourth-order valence-corrected chi connectivity index (χ4v) is 2.47. The van der Waals surface area contributed by atoms with E-state index in [1.807, 2.05) is 60.7 Å². The van der Waals surface area contributed by atoms with E-state index in [1.54, 1.807) is 19.1 Å². The molecule has 0 fully saturated rings. The second kappa shape index (κ2) is 8.16. The predicted octanol–water partition coefficient (Wildman–Crippen LogP) is 3.79. The Morgan fingerprint density at radius 1 is 0.923 bits per heavy atom. The monoisotopic (exact) mass is 349 g/mol. The van der Waals surface area contributed by atoms with Crippen LogP contribution in [0.3, 0.4) is 0 Å². The molecule has 5 nitrogen and oxygen atoms in total. The molecule has 0 bridgehead atoms. The molecule has 0 spiro atoms. The van der Waals surface area contributed by atoms with E-state index in [4.69, 9.17) is 9.47 Å². The highest BCUT2D eigenvalue weighted by Crippen LogP contribution is 2.18. The standard InChI is InChI=1S/C21H19NO4/c1-15(26-19-9-3-2-4-10-19)21(24)25-14-20(23)22-18-12-11-16-7-5-6-8-17(16)13-18/h2-13,15H,14H2,1H3,(H,22,23)/t15-/m1/s1. The minimum Gasteiger partial charge on any atom is -0.479 e. The summed E-state index contributed by atoms with van der Waals surface area (Å²) in [7, 11) is 0. The summed E-state index contributed by atoms with van der Waals surface area (Å²) in [5.74, 6) is -0.430. The molecule has 0 radical (unpaired) electrons. The Labute approximate surface area is 151 Å². The summed E-state index contributed by atoms with van der Waals surface area (Å²) in [5, 5.41) is 4.83. The predicted molar refractivity (Wildman–Crippen MR) is 100 cm³/mol. The van der Waals surface area contributed by atoms with Gasteiger partial charge in [0.1, 0.15) is 5.75 Å². The molecule has 0 aromatic heterocycles. The number of esters is 1. The third-order valence-electron chi connectivity index (χ3n) is 3.77. The smallest absolute Gasteiger partial charge is 0.347 e. The Balaban J connectivity index is 1.50. The summed E-state index contributed by atoms with van der Waals surface area (Å²) in [6, 6.07) is 22.4. The first kappa shape index (κ1) is 17.5. The van der Waals surface area contributed by atoms with Crippen molar-refractivity contribution in [3.05, 3.63) is 72.8 Å². The maximum absolute atomic E-state index is 12.0. The summed E-state index contributed by atoms with van der Waals surface area (Å²) in [5.41, 5.74) is 0.651. The molecule has 0 saturated heterocycles. The van der Waals surface area contributed by atoms with E-state index in [9.17, 15) is 9.59 Å². The van der Waals surface area contributed by atoms with Crippen LogP contribution in [0, 0.1) is 0 Å². The quantitative estimate of drug-likeness (QED) is 0.688. The lowest BCUT2D eigenvalue weighted by Gasteiger charge is -2.14. The van der Waals surface area contributed by atoms with Crippen LogP contribution in [0.4, 0.5) is 5.69 Å². The lowest BCUT2D eigenvalue weighted by Crippen LogP contribution is -2.29. The Hall–Kier alpha value is -3.34. The Morgan fingerprint density at radius 2 is 1.62 bits per heavy atom. The van der Waals surface area contributed by atoms with Gasteiger partial charge >= 0.3 is 5.97 Å². The molecule has 0 heterocycles. The van der Waals surface area contributed by atoms with Crippen LogP contribution in [0.25, 0.3) is 10.8 Å². The van der Waals surface area contributed by atoms with Gasteiger partial charge in [0.15, 0.2) is 12.7 Å². The highest BCUT2D eigenvalue weighted by Gasteiger charge is 2.17. The maximum Gasteiger partial charge on any atom is 0.347 e. The van der Waals surface area contributed by atoms with Gasteiger partial charge in [-0.15, -0.1) is 0 Å². The van der Waals surface area contributed by atoms with Crippen molar-refractivity contribution >= 4 is 28.3 Å². The zero-order valence-electron chi connectivity index (χ0n) is 14.3. The number of anilines is 1. The number of hydrogen-bond acceptors (Lipinski definition) is 4. The van der Waals surface area contributed by atoms with Gasteiger partial charge in [0, 0.05) is 5.69 Å². The number of amides is 1. The maximum atomic E-state index is 12.0. The van der Waals surface area contributed by atoms with Crippen molar-refractivity contribution in [3.8, 4) is 5.75 Å². The number of carbonyl (C=O) groups is 2. The number of fused-ring (bicyclic) bond motifs is 1.